The van der Waals surface area contributed by atoms with Crippen LogP contribution in [0.2, 0.25) is 0 Å². The van der Waals surface area contributed by atoms with Gasteiger partial charge in [-0.05, 0) is 12.1 Å². The molecule has 0 radical (unpaired) electrons. The van der Waals surface area contributed by atoms with Crippen molar-refractivity contribution in [1.29, 1.82) is 0 Å². The van der Waals surface area contributed by atoms with E-state index in [0.29, 0.717) is 0 Å². The summed E-state index contributed by atoms with van der Waals surface area (Å²) in [6.45, 7) is 0. The number of rotatable bonds is 0. The smallest absolute Gasteiger partial charge is 0.185 e. The first-order valence-corrected chi connectivity index (χ1v) is 4.83. The zero-order valence-corrected chi connectivity index (χ0v) is 8.15. The summed E-state index contributed by atoms with van der Waals surface area (Å²) < 4.78 is 3.88. The second-order valence-electron chi connectivity index (χ2n) is 3.52. The van der Waals surface area contributed by atoms with Crippen molar-refractivity contribution in [2.45, 2.75) is 0 Å². The van der Waals surface area contributed by atoms with E-state index in [1.54, 1.807) is 12.5 Å². The molecule has 0 N–H and O–H groups in total. The van der Waals surface area contributed by atoms with Gasteiger partial charge in [-0.1, -0.05) is 0 Å². The molecule has 0 aliphatic heterocycles. The molecule has 76 valence electrons. The lowest BCUT2D eigenvalue weighted by Gasteiger charge is -2.03. The molecule has 0 saturated heterocycles. The van der Waals surface area contributed by atoms with E-state index in [4.69, 9.17) is 0 Å². The molecule has 0 unspecified atom stereocenters. The number of aromatic nitrogens is 6. The van der Waals surface area contributed by atoms with Crippen molar-refractivity contribution in [3.63, 3.8) is 0 Å². The van der Waals surface area contributed by atoms with Gasteiger partial charge in [0.1, 0.15) is 18.2 Å². The largest absolute Gasteiger partial charge is 0.296 e. The van der Waals surface area contributed by atoms with E-state index in [9.17, 15) is 0 Å². The molecule has 4 heterocycles. The van der Waals surface area contributed by atoms with Gasteiger partial charge in [-0.15, -0.1) is 10.2 Å². The number of hydrogen-bond donors (Lipinski definition) is 0. The first-order chi connectivity index (χ1) is 7.95. The molecule has 16 heavy (non-hydrogen) atoms. The fourth-order valence-corrected chi connectivity index (χ4v) is 2.01. The molecule has 0 saturated carbocycles. The van der Waals surface area contributed by atoms with E-state index in [1.165, 1.54) is 6.33 Å². The SMILES string of the molecule is c1cc2c3nncn3c3cncnc3n2c1. The highest BCUT2D eigenvalue weighted by Crippen LogP contribution is 2.18. The average Bonchev–Trinajstić information content (AvgIpc) is 2.98. The van der Waals surface area contributed by atoms with Crippen LogP contribution < -0.4 is 0 Å². The molecule has 4 rings (SSSR count). The monoisotopic (exact) mass is 210 g/mol. The number of fused-ring (bicyclic) bond motifs is 6. The van der Waals surface area contributed by atoms with Gasteiger partial charge in [-0.2, -0.15) is 0 Å². The number of nitrogens with zero attached hydrogens (tertiary/aromatic N) is 6. The van der Waals surface area contributed by atoms with Crippen LogP contribution in [0, 0.1) is 0 Å². The van der Waals surface area contributed by atoms with Crippen LogP contribution >= 0.6 is 0 Å². The van der Waals surface area contributed by atoms with Gasteiger partial charge in [0.05, 0.1) is 11.7 Å². The fraction of sp³-hybridized carbons (Fsp3) is 0. The molecular formula is C10H6N6. The van der Waals surface area contributed by atoms with Crippen molar-refractivity contribution in [1.82, 2.24) is 29.0 Å². The maximum Gasteiger partial charge on any atom is 0.185 e. The Morgan fingerprint density at radius 1 is 1.06 bits per heavy atom. The second-order valence-corrected chi connectivity index (χ2v) is 3.52. The summed E-state index contributed by atoms with van der Waals surface area (Å²) in [6.07, 6.45) is 6.93. The molecule has 0 fully saturated rings. The molecule has 0 bridgehead atoms. The first-order valence-electron chi connectivity index (χ1n) is 4.83. The molecule has 0 atom stereocenters. The zero-order chi connectivity index (χ0) is 10.5. The highest BCUT2D eigenvalue weighted by atomic mass is 15.2. The van der Waals surface area contributed by atoms with Crippen LogP contribution in [0.25, 0.3) is 22.3 Å². The highest BCUT2D eigenvalue weighted by Gasteiger charge is 2.09. The Labute approximate surface area is 89.2 Å². The number of hydrogen-bond acceptors (Lipinski definition) is 4. The van der Waals surface area contributed by atoms with Crippen LogP contribution in [-0.4, -0.2) is 29.0 Å². The van der Waals surface area contributed by atoms with Crippen LogP contribution in [0.4, 0.5) is 0 Å². The summed E-state index contributed by atoms with van der Waals surface area (Å²) in [6, 6.07) is 3.96. The molecular weight excluding hydrogens is 204 g/mol. The molecule has 4 aromatic heterocycles. The predicted octanol–water partition coefficient (Wildman–Crippen LogP) is 0.925. The third kappa shape index (κ3) is 0.773. The second kappa shape index (κ2) is 2.54. The quantitative estimate of drug-likeness (QED) is 0.433. The topological polar surface area (TPSA) is 60.4 Å². The van der Waals surface area contributed by atoms with Crippen LogP contribution in [-0.2, 0) is 0 Å². The molecule has 0 aliphatic carbocycles. The summed E-state index contributed by atoms with van der Waals surface area (Å²) in [5.41, 5.74) is 3.55. The Balaban J connectivity index is 2.51. The molecule has 0 aliphatic rings. The van der Waals surface area contributed by atoms with E-state index in [-0.39, 0.29) is 0 Å². The normalized spacial score (nSPS) is 11.8. The van der Waals surface area contributed by atoms with Crippen molar-refractivity contribution < 1.29 is 0 Å². The van der Waals surface area contributed by atoms with E-state index in [1.807, 2.05) is 27.1 Å². The molecule has 4 aromatic rings. The maximum absolute atomic E-state index is 4.29. The standard InChI is InChI=1S/C10H6N6/c1-2-7-10-14-13-6-16(10)8-4-11-5-12-9(8)15(7)3-1/h1-6H. The lowest BCUT2D eigenvalue weighted by atomic mass is 10.4. The highest BCUT2D eigenvalue weighted by molar-refractivity contribution is 5.84. The lowest BCUT2D eigenvalue weighted by molar-refractivity contribution is 1.09. The Morgan fingerprint density at radius 3 is 3.06 bits per heavy atom. The van der Waals surface area contributed by atoms with Crippen molar-refractivity contribution >= 4 is 22.3 Å². The van der Waals surface area contributed by atoms with Gasteiger partial charge in [0, 0.05) is 6.20 Å². The molecule has 6 nitrogen and oxygen atoms in total. The minimum atomic E-state index is 0.812. The Kier molecular flexibility index (Phi) is 1.23. The van der Waals surface area contributed by atoms with Gasteiger partial charge < -0.3 is 0 Å². The van der Waals surface area contributed by atoms with Gasteiger partial charge >= 0.3 is 0 Å². The zero-order valence-electron chi connectivity index (χ0n) is 8.15. The summed E-state index contributed by atoms with van der Waals surface area (Å²) >= 11 is 0. The predicted molar refractivity (Wildman–Crippen MR) is 57.0 cm³/mol. The Morgan fingerprint density at radius 2 is 2.06 bits per heavy atom. The summed E-state index contributed by atoms with van der Waals surface area (Å²) in [4.78, 5) is 8.32. The van der Waals surface area contributed by atoms with Crippen LogP contribution in [0.3, 0.4) is 0 Å². The van der Waals surface area contributed by atoms with Crippen molar-refractivity contribution in [3.05, 3.63) is 37.2 Å². The van der Waals surface area contributed by atoms with Gasteiger partial charge in [0.15, 0.2) is 11.3 Å². The average molecular weight is 210 g/mol. The van der Waals surface area contributed by atoms with Crippen LogP contribution in [0.5, 0.6) is 0 Å². The van der Waals surface area contributed by atoms with Gasteiger partial charge in [0.25, 0.3) is 0 Å². The molecule has 0 spiro atoms. The molecule has 6 heteroatoms. The fourth-order valence-electron chi connectivity index (χ4n) is 2.01. The van der Waals surface area contributed by atoms with Crippen molar-refractivity contribution in [2.24, 2.45) is 0 Å². The van der Waals surface area contributed by atoms with Crippen LogP contribution in [0.1, 0.15) is 0 Å². The third-order valence-corrected chi connectivity index (χ3v) is 2.69. The summed E-state index contributed by atoms with van der Waals surface area (Å²) in [5.74, 6) is 0. The van der Waals surface area contributed by atoms with E-state index >= 15 is 0 Å². The first kappa shape index (κ1) is 7.75. The minimum absolute atomic E-state index is 0.812. The maximum atomic E-state index is 4.29. The minimum Gasteiger partial charge on any atom is -0.296 e. The molecule has 0 aromatic carbocycles. The van der Waals surface area contributed by atoms with E-state index in [0.717, 1.165) is 22.3 Å². The van der Waals surface area contributed by atoms with Gasteiger partial charge in [-0.25, -0.2) is 9.97 Å². The third-order valence-electron chi connectivity index (χ3n) is 2.69. The van der Waals surface area contributed by atoms with Gasteiger partial charge in [0.2, 0.25) is 0 Å². The van der Waals surface area contributed by atoms with Crippen molar-refractivity contribution in [3.8, 4) is 0 Å². The Hall–Kier alpha value is -2.50. The Bertz CT molecular complexity index is 743. The summed E-state index contributed by atoms with van der Waals surface area (Å²) in [5, 5.41) is 8.03. The lowest BCUT2D eigenvalue weighted by Crippen LogP contribution is -1.97. The van der Waals surface area contributed by atoms with E-state index in [2.05, 4.69) is 20.2 Å². The van der Waals surface area contributed by atoms with E-state index < -0.39 is 0 Å². The van der Waals surface area contributed by atoms with Crippen molar-refractivity contribution in [2.75, 3.05) is 0 Å². The van der Waals surface area contributed by atoms with Gasteiger partial charge in [-0.3, -0.25) is 8.80 Å². The van der Waals surface area contributed by atoms with Crippen LogP contribution in [0.15, 0.2) is 37.2 Å². The molecule has 0 amide bonds. The summed E-state index contributed by atoms with van der Waals surface area (Å²) in [7, 11) is 0.